The van der Waals surface area contributed by atoms with Crippen molar-refractivity contribution >= 4 is 17.3 Å². The first-order valence-electron chi connectivity index (χ1n) is 6.75. The van der Waals surface area contributed by atoms with Gasteiger partial charge in [0.15, 0.2) is 0 Å². The van der Waals surface area contributed by atoms with Gasteiger partial charge in [0.1, 0.15) is 0 Å². The van der Waals surface area contributed by atoms with Crippen LogP contribution in [0.25, 0.3) is 0 Å². The predicted octanol–water partition coefficient (Wildman–Crippen LogP) is 3.96. The summed E-state index contributed by atoms with van der Waals surface area (Å²) >= 11 is 6.08. The summed E-state index contributed by atoms with van der Waals surface area (Å²) in [5.74, 6) is 0. The smallest absolute Gasteiger partial charge is 0.274 e. The van der Waals surface area contributed by atoms with E-state index in [4.69, 9.17) is 11.6 Å². The first-order chi connectivity index (χ1) is 9.10. The summed E-state index contributed by atoms with van der Waals surface area (Å²) in [5, 5.41) is 14.9. The lowest BCUT2D eigenvalue weighted by Gasteiger charge is -2.16. The van der Waals surface area contributed by atoms with Crippen molar-refractivity contribution in [2.45, 2.75) is 45.6 Å². The van der Waals surface area contributed by atoms with Crippen LogP contribution in [0.2, 0.25) is 5.02 Å². The van der Waals surface area contributed by atoms with Gasteiger partial charge in [0.2, 0.25) is 0 Å². The number of benzene rings is 1. The molecule has 0 bridgehead atoms. The second-order valence-electron chi connectivity index (χ2n) is 4.59. The minimum absolute atomic E-state index is 0.123. The molecule has 1 aromatic carbocycles. The van der Waals surface area contributed by atoms with Gasteiger partial charge in [0.05, 0.1) is 9.95 Å². The molecular weight excluding hydrogens is 264 g/mol. The van der Waals surface area contributed by atoms with E-state index in [1.807, 2.05) is 0 Å². The van der Waals surface area contributed by atoms with E-state index in [1.165, 1.54) is 6.07 Å². The van der Waals surface area contributed by atoms with E-state index in [0.717, 1.165) is 25.8 Å². The van der Waals surface area contributed by atoms with Gasteiger partial charge in [-0.05, 0) is 38.3 Å². The molecule has 1 aromatic rings. The van der Waals surface area contributed by atoms with Crippen LogP contribution in [0.3, 0.4) is 0 Å². The first-order valence-corrected chi connectivity index (χ1v) is 7.13. The van der Waals surface area contributed by atoms with Crippen molar-refractivity contribution in [3.05, 3.63) is 38.9 Å². The van der Waals surface area contributed by atoms with Crippen LogP contribution in [-0.4, -0.2) is 17.5 Å². The zero-order chi connectivity index (χ0) is 14.3. The highest BCUT2D eigenvalue weighted by Gasteiger charge is 2.17. The standard InChI is InChI=1S/C14H21ClN2O2/c1-3-10-16-11(4-2)8-9-12-13(15)6-5-7-14(12)17(18)19/h5-7,11,16H,3-4,8-10H2,1-2H3. The van der Waals surface area contributed by atoms with Crippen molar-refractivity contribution in [2.24, 2.45) is 0 Å². The van der Waals surface area contributed by atoms with Crippen LogP contribution in [0, 0.1) is 10.1 Å². The minimum atomic E-state index is -0.359. The van der Waals surface area contributed by atoms with Crippen LogP contribution in [0.5, 0.6) is 0 Å². The van der Waals surface area contributed by atoms with Gasteiger partial charge in [-0.2, -0.15) is 0 Å². The summed E-state index contributed by atoms with van der Waals surface area (Å²) in [4.78, 5) is 10.6. The summed E-state index contributed by atoms with van der Waals surface area (Å²) in [7, 11) is 0. The van der Waals surface area contributed by atoms with Crippen LogP contribution in [0.4, 0.5) is 5.69 Å². The molecule has 0 aliphatic carbocycles. The molecule has 5 heteroatoms. The number of hydrogen-bond donors (Lipinski definition) is 1. The molecule has 19 heavy (non-hydrogen) atoms. The second kappa shape index (κ2) is 8.12. The number of nitro benzene ring substituents is 1. The normalized spacial score (nSPS) is 12.4. The van der Waals surface area contributed by atoms with E-state index in [2.05, 4.69) is 19.2 Å². The molecule has 1 unspecified atom stereocenters. The summed E-state index contributed by atoms with van der Waals surface area (Å²) in [6.45, 7) is 5.22. The van der Waals surface area contributed by atoms with Gasteiger partial charge in [-0.1, -0.05) is 31.5 Å². The fraction of sp³-hybridized carbons (Fsp3) is 0.571. The number of halogens is 1. The molecule has 1 rings (SSSR count). The topological polar surface area (TPSA) is 55.2 Å². The van der Waals surface area contributed by atoms with Gasteiger partial charge in [0.25, 0.3) is 5.69 Å². The quantitative estimate of drug-likeness (QED) is 0.581. The van der Waals surface area contributed by atoms with Gasteiger partial charge < -0.3 is 5.32 Å². The maximum atomic E-state index is 11.0. The minimum Gasteiger partial charge on any atom is -0.314 e. The average molecular weight is 285 g/mol. The molecule has 0 fully saturated rings. The number of nitro groups is 1. The fourth-order valence-corrected chi connectivity index (χ4v) is 2.35. The van der Waals surface area contributed by atoms with Crippen molar-refractivity contribution < 1.29 is 4.92 Å². The van der Waals surface area contributed by atoms with E-state index < -0.39 is 0 Å². The maximum Gasteiger partial charge on any atom is 0.274 e. The van der Waals surface area contributed by atoms with Crippen LogP contribution in [0.15, 0.2) is 18.2 Å². The number of hydrogen-bond acceptors (Lipinski definition) is 3. The van der Waals surface area contributed by atoms with Gasteiger partial charge in [-0.15, -0.1) is 0 Å². The molecule has 0 radical (unpaired) electrons. The lowest BCUT2D eigenvalue weighted by molar-refractivity contribution is -0.385. The van der Waals surface area contributed by atoms with Gasteiger partial charge in [-0.25, -0.2) is 0 Å². The van der Waals surface area contributed by atoms with E-state index in [0.29, 0.717) is 23.0 Å². The Kier molecular flexibility index (Phi) is 6.81. The third-order valence-electron chi connectivity index (χ3n) is 3.21. The molecular formula is C14H21ClN2O2. The zero-order valence-electron chi connectivity index (χ0n) is 11.5. The SMILES string of the molecule is CCCNC(CC)CCc1c(Cl)cccc1[N+](=O)[O-]. The van der Waals surface area contributed by atoms with Crippen LogP contribution >= 0.6 is 11.6 Å². The van der Waals surface area contributed by atoms with E-state index >= 15 is 0 Å². The molecule has 1 N–H and O–H groups in total. The molecule has 0 saturated carbocycles. The maximum absolute atomic E-state index is 11.0. The zero-order valence-corrected chi connectivity index (χ0v) is 12.2. The second-order valence-corrected chi connectivity index (χ2v) is 5.00. The highest BCUT2D eigenvalue weighted by atomic mass is 35.5. The van der Waals surface area contributed by atoms with Gasteiger partial charge in [-0.3, -0.25) is 10.1 Å². The lowest BCUT2D eigenvalue weighted by Crippen LogP contribution is -2.29. The Hall–Kier alpha value is -1.13. The summed E-state index contributed by atoms with van der Waals surface area (Å²) in [6, 6.07) is 5.23. The molecule has 0 heterocycles. The number of nitrogens with zero attached hydrogens (tertiary/aromatic N) is 1. The summed E-state index contributed by atoms with van der Waals surface area (Å²) < 4.78 is 0. The first kappa shape index (κ1) is 15.9. The fourth-order valence-electron chi connectivity index (χ4n) is 2.08. The van der Waals surface area contributed by atoms with Crippen molar-refractivity contribution in [1.82, 2.24) is 5.32 Å². The van der Waals surface area contributed by atoms with Crippen molar-refractivity contribution in [3.8, 4) is 0 Å². The van der Waals surface area contributed by atoms with Crippen molar-refractivity contribution in [2.75, 3.05) is 6.54 Å². The summed E-state index contributed by atoms with van der Waals surface area (Å²) in [5.41, 5.74) is 0.767. The molecule has 0 aliphatic heterocycles. The molecule has 0 saturated heterocycles. The monoisotopic (exact) mass is 284 g/mol. The van der Waals surface area contributed by atoms with Crippen LogP contribution in [-0.2, 0) is 6.42 Å². The molecule has 0 aliphatic rings. The molecule has 0 amide bonds. The highest BCUT2D eigenvalue weighted by molar-refractivity contribution is 6.31. The lowest BCUT2D eigenvalue weighted by atomic mass is 10.0. The summed E-state index contributed by atoms with van der Waals surface area (Å²) in [6.07, 6.45) is 3.59. The molecule has 4 nitrogen and oxygen atoms in total. The highest BCUT2D eigenvalue weighted by Crippen LogP contribution is 2.27. The van der Waals surface area contributed by atoms with Crippen LogP contribution < -0.4 is 5.32 Å². The molecule has 1 atom stereocenters. The Morgan fingerprint density at radius 1 is 1.42 bits per heavy atom. The average Bonchev–Trinajstić information content (AvgIpc) is 2.40. The Labute approximate surface area is 119 Å². The largest absolute Gasteiger partial charge is 0.314 e. The molecule has 106 valence electrons. The number of rotatable bonds is 8. The molecule has 0 spiro atoms. The predicted molar refractivity (Wildman–Crippen MR) is 78.8 cm³/mol. The number of nitrogens with one attached hydrogen (secondary N) is 1. The molecule has 0 aromatic heterocycles. The van der Waals surface area contributed by atoms with E-state index in [1.54, 1.807) is 12.1 Å². The van der Waals surface area contributed by atoms with Gasteiger partial charge in [0, 0.05) is 17.7 Å². The van der Waals surface area contributed by atoms with E-state index in [9.17, 15) is 10.1 Å². The van der Waals surface area contributed by atoms with Gasteiger partial charge >= 0.3 is 0 Å². The van der Waals surface area contributed by atoms with E-state index in [-0.39, 0.29) is 10.6 Å². The van der Waals surface area contributed by atoms with Crippen LogP contribution in [0.1, 0.15) is 38.7 Å². The van der Waals surface area contributed by atoms with Crippen molar-refractivity contribution in [3.63, 3.8) is 0 Å². The Morgan fingerprint density at radius 2 is 2.16 bits per heavy atom. The third-order valence-corrected chi connectivity index (χ3v) is 3.56. The third kappa shape index (κ3) is 4.80. The Morgan fingerprint density at radius 3 is 2.74 bits per heavy atom. The van der Waals surface area contributed by atoms with Crippen molar-refractivity contribution in [1.29, 1.82) is 0 Å². The Bertz CT molecular complexity index is 424. The Balaban J connectivity index is 2.73.